The van der Waals surface area contributed by atoms with Crippen LogP contribution in [0, 0.1) is 12.8 Å². The van der Waals surface area contributed by atoms with Crippen molar-refractivity contribution >= 4 is 22.9 Å². The van der Waals surface area contributed by atoms with Gasteiger partial charge in [-0.25, -0.2) is 4.98 Å². The summed E-state index contributed by atoms with van der Waals surface area (Å²) in [5.41, 5.74) is 4.26. The standard InChI is InChI=1S/C21H28N6/c1-4-26-14-23-18-19(22-13-17-7-5-15(2)6-8-17)24-21(25-20(18)26)27-11-9-16(3)10-12-27/h5-8,14,16H,4,9-13H2,1-3H3,(H,22,24,25). The predicted molar refractivity (Wildman–Crippen MR) is 110 cm³/mol. The quantitative estimate of drug-likeness (QED) is 0.741. The lowest BCUT2D eigenvalue weighted by atomic mass is 10.00. The summed E-state index contributed by atoms with van der Waals surface area (Å²) in [6.07, 6.45) is 4.25. The first-order chi connectivity index (χ1) is 13.1. The molecule has 142 valence electrons. The molecule has 1 aliphatic rings. The zero-order valence-electron chi connectivity index (χ0n) is 16.4. The molecule has 3 heterocycles. The van der Waals surface area contributed by atoms with Gasteiger partial charge in [-0.2, -0.15) is 9.97 Å². The van der Waals surface area contributed by atoms with E-state index < -0.39 is 0 Å². The maximum absolute atomic E-state index is 4.86. The van der Waals surface area contributed by atoms with Crippen molar-refractivity contribution in [2.24, 2.45) is 5.92 Å². The van der Waals surface area contributed by atoms with Crippen LogP contribution in [0.2, 0.25) is 0 Å². The highest BCUT2D eigenvalue weighted by Crippen LogP contribution is 2.26. The van der Waals surface area contributed by atoms with Crippen LogP contribution in [0.1, 0.15) is 37.8 Å². The van der Waals surface area contributed by atoms with Crippen LogP contribution in [-0.2, 0) is 13.1 Å². The predicted octanol–water partition coefficient (Wildman–Crippen LogP) is 4.00. The van der Waals surface area contributed by atoms with Crippen LogP contribution in [0.3, 0.4) is 0 Å². The van der Waals surface area contributed by atoms with Crippen molar-refractivity contribution in [1.82, 2.24) is 19.5 Å². The Hall–Kier alpha value is -2.63. The van der Waals surface area contributed by atoms with E-state index in [0.29, 0.717) is 0 Å². The first-order valence-electron chi connectivity index (χ1n) is 9.91. The summed E-state index contributed by atoms with van der Waals surface area (Å²) in [4.78, 5) is 16.6. The number of nitrogens with zero attached hydrogens (tertiary/aromatic N) is 5. The Labute approximate surface area is 160 Å². The van der Waals surface area contributed by atoms with Gasteiger partial charge in [0.15, 0.2) is 17.0 Å². The Balaban J connectivity index is 1.65. The fourth-order valence-electron chi connectivity index (χ4n) is 3.53. The monoisotopic (exact) mass is 364 g/mol. The van der Waals surface area contributed by atoms with Gasteiger partial charge >= 0.3 is 0 Å². The molecule has 1 saturated heterocycles. The molecule has 0 aliphatic carbocycles. The molecule has 0 unspecified atom stereocenters. The Morgan fingerprint density at radius 1 is 1.11 bits per heavy atom. The number of benzene rings is 1. The molecule has 1 aliphatic heterocycles. The van der Waals surface area contributed by atoms with E-state index in [0.717, 1.165) is 55.0 Å². The van der Waals surface area contributed by atoms with Gasteiger partial charge in [-0.05, 0) is 38.2 Å². The van der Waals surface area contributed by atoms with Gasteiger partial charge in [0, 0.05) is 26.2 Å². The molecule has 1 N–H and O–H groups in total. The van der Waals surface area contributed by atoms with Crippen LogP contribution in [-0.4, -0.2) is 32.6 Å². The summed E-state index contributed by atoms with van der Waals surface area (Å²) in [6.45, 7) is 10.2. The Kier molecular flexibility index (Phi) is 4.97. The topological polar surface area (TPSA) is 58.9 Å². The molecular formula is C21H28N6. The molecule has 6 heteroatoms. The third kappa shape index (κ3) is 3.75. The number of imidazole rings is 1. The van der Waals surface area contributed by atoms with Crippen molar-refractivity contribution in [2.45, 2.75) is 46.7 Å². The fourth-order valence-corrected chi connectivity index (χ4v) is 3.53. The van der Waals surface area contributed by atoms with Gasteiger partial charge in [-0.1, -0.05) is 36.8 Å². The summed E-state index contributed by atoms with van der Waals surface area (Å²) in [5, 5.41) is 3.50. The Bertz CT molecular complexity index is 906. The molecule has 0 amide bonds. The summed E-state index contributed by atoms with van der Waals surface area (Å²) in [6, 6.07) is 8.58. The van der Waals surface area contributed by atoms with Gasteiger partial charge in [-0.3, -0.25) is 0 Å². The molecule has 0 saturated carbocycles. The number of aromatic nitrogens is 4. The smallest absolute Gasteiger partial charge is 0.229 e. The second kappa shape index (κ2) is 7.55. The molecular weight excluding hydrogens is 336 g/mol. The highest BCUT2D eigenvalue weighted by molar-refractivity contribution is 5.84. The maximum Gasteiger partial charge on any atom is 0.229 e. The first kappa shape index (κ1) is 17.8. The van der Waals surface area contributed by atoms with Crippen LogP contribution in [0.25, 0.3) is 11.2 Å². The van der Waals surface area contributed by atoms with Crippen LogP contribution in [0.15, 0.2) is 30.6 Å². The summed E-state index contributed by atoms with van der Waals surface area (Å²) in [7, 11) is 0. The zero-order chi connectivity index (χ0) is 18.8. The molecule has 6 nitrogen and oxygen atoms in total. The number of hydrogen-bond donors (Lipinski definition) is 1. The number of anilines is 2. The average molecular weight is 364 g/mol. The van der Waals surface area contributed by atoms with E-state index >= 15 is 0 Å². The minimum Gasteiger partial charge on any atom is -0.364 e. The number of aryl methyl sites for hydroxylation is 2. The largest absolute Gasteiger partial charge is 0.364 e. The van der Waals surface area contributed by atoms with E-state index in [-0.39, 0.29) is 0 Å². The lowest BCUT2D eigenvalue weighted by Gasteiger charge is -2.30. The Morgan fingerprint density at radius 3 is 2.56 bits per heavy atom. The molecule has 27 heavy (non-hydrogen) atoms. The van der Waals surface area contributed by atoms with Crippen molar-refractivity contribution in [3.63, 3.8) is 0 Å². The first-order valence-corrected chi connectivity index (χ1v) is 9.91. The summed E-state index contributed by atoms with van der Waals surface area (Å²) >= 11 is 0. The number of piperidine rings is 1. The molecule has 1 fully saturated rings. The highest BCUT2D eigenvalue weighted by atomic mass is 15.3. The lowest BCUT2D eigenvalue weighted by Crippen LogP contribution is -2.34. The molecule has 3 aromatic rings. The van der Waals surface area contributed by atoms with Gasteiger partial charge in [0.1, 0.15) is 0 Å². The van der Waals surface area contributed by atoms with Crippen molar-refractivity contribution in [1.29, 1.82) is 0 Å². The van der Waals surface area contributed by atoms with Crippen LogP contribution in [0.4, 0.5) is 11.8 Å². The maximum atomic E-state index is 4.86. The summed E-state index contributed by atoms with van der Waals surface area (Å²) in [5.74, 6) is 2.42. The van der Waals surface area contributed by atoms with Crippen molar-refractivity contribution in [3.8, 4) is 0 Å². The van der Waals surface area contributed by atoms with Crippen molar-refractivity contribution in [3.05, 3.63) is 41.7 Å². The number of hydrogen-bond acceptors (Lipinski definition) is 5. The van der Waals surface area contributed by atoms with Gasteiger partial charge in [0.2, 0.25) is 5.95 Å². The van der Waals surface area contributed by atoms with Gasteiger partial charge in [0.05, 0.1) is 6.33 Å². The lowest BCUT2D eigenvalue weighted by molar-refractivity contribution is 0.434. The highest BCUT2D eigenvalue weighted by Gasteiger charge is 2.21. The molecule has 0 radical (unpaired) electrons. The number of nitrogens with one attached hydrogen (secondary N) is 1. The molecule has 0 spiro atoms. The van der Waals surface area contributed by atoms with Gasteiger partial charge in [-0.15, -0.1) is 0 Å². The molecule has 0 bridgehead atoms. The van der Waals surface area contributed by atoms with Crippen LogP contribution < -0.4 is 10.2 Å². The van der Waals surface area contributed by atoms with E-state index in [1.54, 1.807) is 0 Å². The molecule has 1 aromatic carbocycles. The average Bonchev–Trinajstić information content (AvgIpc) is 3.11. The third-order valence-electron chi connectivity index (χ3n) is 5.44. The van der Waals surface area contributed by atoms with E-state index in [1.165, 1.54) is 24.0 Å². The molecule has 0 atom stereocenters. The van der Waals surface area contributed by atoms with Crippen molar-refractivity contribution in [2.75, 3.05) is 23.3 Å². The van der Waals surface area contributed by atoms with E-state index in [4.69, 9.17) is 9.97 Å². The van der Waals surface area contributed by atoms with Gasteiger partial charge in [0.25, 0.3) is 0 Å². The minimum atomic E-state index is 0.724. The van der Waals surface area contributed by atoms with Crippen LogP contribution >= 0.6 is 0 Å². The zero-order valence-corrected chi connectivity index (χ0v) is 16.4. The second-order valence-electron chi connectivity index (χ2n) is 7.58. The third-order valence-corrected chi connectivity index (χ3v) is 5.44. The SMILES string of the molecule is CCn1cnc2c(NCc3ccc(C)cc3)nc(N3CCC(C)CC3)nc21. The number of rotatable bonds is 5. The molecule has 4 rings (SSSR count). The fraction of sp³-hybridized carbons (Fsp3) is 0.476. The minimum absolute atomic E-state index is 0.724. The molecule has 2 aromatic heterocycles. The van der Waals surface area contributed by atoms with Crippen molar-refractivity contribution < 1.29 is 0 Å². The van der Waals surface area contributed by atoms with E-state index in [9.17, 15) is 0 Å². The normalized spacial score (nSPS) is 15.4. The van der Waals surface area contributed by atoms with Gasteiger partial charge < -0.3 is 14.8 Å². The summed E-state index contributed by atoms with van der Waals surface area (Å²) < 4.78 is 2.09. The van der Waals surface area contributed by atoms with Crippen LogP contribution in [0.5, 0.6) is 0 Å². The Morgan fingerprint density at radius 2 is 1.85 bits per heavy atom. The van der Waals surface area contributed by atoms with E-state index in [2.05, 4.69) is 64.8 Å². The number of fused-ring (bicyclic) bond motifs is 1. The second-order valence-corrected chi connectivity index (χ2v) is 7.58. The van der Waals surface area contributed by atoms with E-state index in [1.807, 2.05) is 6.33 Å².